The first kappa shape index (κ1) is 11.9. The first-order valence-corrected chi connectivity index (χ1v) is 6.43. The minimum Gasteiger partial charge on any atom is -0.478 e. The quantitative estimate of drug-likeness (QED) is 0.757. The van der Waals surface area contributed by atoms with Crippen molar-refractivity contribution in [3.63, 3.8) is 0 Å². The number of para-hydroxylation sites is 1. The molecule has 0 spiro atoms. The number of imidazole rings is 1. The molecule has 94 valence electrons. The third kappa shape index (κ3) is 2.02. The standard InChI is InChI=1S/C14H9BrN2O2/c15-10-6-2-1-4-8(10)13-16-11-7-3-5-9(14(18)19)12(11)17-13/h1-7H,(H,16,17)(H,18,19). The first-order valence-electron chi connectivity index (χ1n) is 5.64. The summed E-state index contributed by atoms with van der Waals surface area (Å²) in [6, 6.07) is 12.7. The first-order chi connectivity index (χ1) is 9.16. The van der Waals surface area contributed by atoms with Crippen molar-refractivity contribution in [2.75, 3.05) is 0 Å². The Bertz CT molecular complexity index is 780. The molecule has 1 aromatic heterocycles. The number of nitrogens with one attached hydrogen (secondary N) is 1. The molecule has 3 aromatic rings. The number of hydrogen-bond acceptors (Lipinski definition) is 2. The van der Waals surface area contributed by atoms with Gasteiger partial charge in [-0.2, -0.15) is 0 Å². The van der Waals surface area contributed by atoms with Gasteiger partial charge in [-0.1, -0.05) is 40.2 Å². The molecule has 1 heterocycles. The van der Waals surface area contributed by atoms with Gasteiger partial charge in [-0.25, -0.2) is 9.78 Å². The van der Waals surface area contributed by atoms with Gasteiger partial charge in [-0.15, -0.1) is 0 Å². The summed E-state index contributed by atoms with van der Waals surface area (Å²) >= 11 is 3.46. The zero-order valence-corrected chi connectivity index (χ0v) is 11.3. The van der Waals surface area contributed by atoms with E-state index in [1.165, 1.54) is 0 Å². The van der Waals surface area contributed by atoms with Crippen LogP contribution in [-0.2, 0) is 0 Å². The number of hydrogen-bond donors (Lipinski definition) is 2. The van der Waals surface area contributed by atoms with Gasteiger partial charge < -0.3 is 10.1 Å². The van der Waals surface area contributed by atoms with Gasteiger partial charge in [-0.05, 0) is 18.2 Å². The van der Waals surface area contributed by atoms with Crippen LogP contribution < -0.4 is 0 Å². The van der Waals surface area contributed by atoms with E-state index in [9.17, 15) is 4.79 Å². The highest BCUT2D eigenvalue weighted by Gasteiger charge is 2.14. The maximum absolute atomic E-state index is 11.2. The third-order valence-corrected chi connectivity index (χ3v) is 3.56. The number of aromatic nitrogens is 2. The predicted octanol–water partition coefficient (Wildman–Crippen LogP) is 3.69. The van der Waals surface area contributed by atoms with Crippen molar-refractivity contribution in [1.29, 1.82) is 0 Å². The molecule has 0 atom stereocenters. The number of carbonyl (C=O) groups is 1. The van der Waals surface area contributed by atoms with E-state index >= 15 is 0 Å². The van der Waals surface area contributed by atoms with Crippen LogP contribution in [0.15, 0.2) is 46.9 Å². The van der Waals surface area contributed by atoms with Crippen molar-refractivity contribution in [3.05, 3.63) is 52.5 Å². The molecule has 0 aliphatic rings. The summed E-state index contributed by atoms with van der Waals surface area (Å²) in [6.07, 6.45) is 0. The Kier molecular flexibility index (Phi) is 2.83. The monoisotopic (exact) mass is 316 g/mol. The Balaban J connectivity index is 2.26. The fraction of sp³-hybridized carbons (Fsp3) is 0. The summed E-state index contributed by atoms with van der Waals surface area (Å²) in [4.78, 5) is 18.7. The van der Waals surface area contributed by atoms with Gasteiger partial charge in [0.15, 0.2) is 0 Å². The lowest BCUT2D eigenvalue weighted by atomic mass is 10.2. The van der Waals surface area contributed by atoms with Crippen LogP contribution >= 0.6 is 15.9 Å². The smallest absolute Gasteiger partial charge is 0.337 e. The van der Waals surface area contributed by atoms with Crippen molar-refractivity contribution in [1.82, 2.24) is 9.97 Å². The number of H-pyrrole nitrogens is 1. The molecule has 4 nitrogen and oxygen atoms in total. The van der Waals surface area contributed by atoms with Crippen molar-refractivity contribution < 1.29 is 9.90 Å². The molecule has 0 aliphatic carbocycles. The Morgan fingerprint density at radius 2 is 1.95 bits per heavy atom. The van der Waals surface area contributed by atoms with Gasteiger partial charge in [0.25, 0.3) is 0 Å². The number of carboxylic acid groups (broad SMARTS) is 1. The van der Waals surface area contributed by atoms with E-state index in [0.29, 0.717) is 16.9 Å². The second-order valence-corrected chi connectivity index (χ2v) is 4.93. The average Bonchev–Trinajstić information content (AvgIpc) is 2.82. The maximum Gasteiger partial charge on any atom is 0.337 e. The number of halogens is 1. The van der Waals surface area contributed by atoms with Gasteiger partial charge in [0.1, 0.15) is 11.3 Å². The van der Waals surface area contributed by atoms with E-state index in [1.54, 1.807) is 12.1 Å². The largest absolute Gasteiger partial charge is 0.478 e. The Hall–Kier alpha value is -2.14. The number of fused-ring (bicyclic) bond motifs is 1. The molecular formula is C14H9BrN2O2. The normalized spacial score (nSPS) is 10.8. The zero-order chi connectivity index (χ0) is 13.4. The molecule has 19 heavy (non-hydrogen) atoms. The number of aromatic carboxylic acids is 1. The highest BCUT2D eigenvalue weighted by Crippen LogP contribution is 2.28. The number of aromatic amines is 1. The molecule has 2 aromatic carbocycles. The summed E-state index contributed by atoms with van der Waals surface area (Å²) in [5.74, 6) is -0.327. The van der Waals surface area contributed by atoms with E-state index in [1.807, 2.05) is 30.3 Å². The lowest BCUT2D eigenvalue weighted by molar-refractivity contribution is 0.0699. The minimum atomic E-state index is -0.976. The van der Waals surface area contributed by atoms with Gasteiger partial charge in [0.2, 0.25) is 0 Å². The van der Waals surface area contributed by atoms with E-state index < -0.39 is 5.97 Å². The van der Waals surface area contributed by atoms with E-state index in [4.69, 9.17) is 5.11 Å². The predicted molar refractivity (Wildman–Crippen MR) is 76.2 cm³/mol. The van der Waals surface area contributed by atoms with Crippen LogP contribution in [0.3, 0.4) is 0 Å². The molecule has 0 aliphatic heterocycles. The van der Waals surface area contributed by atoms with E-state index in [0.717, 1.165) is 10.0 Å². The van der Waals surface area contributed by atoms with Crippen molar-refractivity contribution in [2.45, 2.75) is 0 Å². The highest BCUT2D eigenvalue weighted by molar-refractivity contribution is 9.10. The molecule has 0 bridgehead atoms. The fourth-order valence-electron chi connectivity index (χ4n) is 1.99. The number of rotatable bonds is 2. The lowest BCUT2D eigenvalue weighted by Crippen LogP contribution is -1.96. The molecule has 0 unspecified atom stereocenters. The SMILES string of the molecule is O=C(O)c1cccc2[nH]c(-c3ccccc3Br)nc12. The van der Waals surface area contributed by atoms with Gasteiger partial charge >= 0.3 is 5.97 Å². The van der Waals surface area contributed by atoms with E-state index in [2.05, 4.69) is 25.9 Å². The zero-order valence-electron chi connectivity index (χ0n) is 9.72. The number of carboxylic acids is 1. The van der Waals surface area contributed by atoms with Gasteiger partial charge in [0, 0.05) is 10.0 Å². The van der Waals surface area contributed by atoms with Crippen molar-refractivity contribution in [3.8, 4) is 11.4 Å². The summed E-state index contributed by atoms with van der Waals surface area (Å²) in [6.45, 7) is 0. The Labute approximate surface area is 117 Å². The minimum absolute atomic E-state index is 0.201. The lowest BCUT2D eigenvalue weighted by Gasteiger charge is -1.98. The second kappa shape index (κ2) is 4.51. The Morgan fingerprint density at radius 1 is 1.16 bits per heavy atom. The molecule has 0 amide bonds. The van der Waals surface area contributed by atoms with Crippen LogP contribution in [0.5, 0.6) is 0 Å². The van der Waals surface area contributed by atoms with Crippen LogP contribution in [-0.4, -0.2) is 21.0 Å². The van der Waals surface area contributed by atoms with Crippen LogP contribution in [0.4, 0.5) is 0 Å². The molecule has 5 heteroatoms. The van der Waals surface area contributed by atoms with Crippen LogP contribution in [0.2, 0.25) is 0 Å². The number of nitrogens with zero attached hydrogens (tertiary/aromatic N) is 1. The highest BCUT2D eigenvalue weighted by atomic mass is 79.9. The number of benzene rings is 2. The summed E-state index contributed by atoms with van der Waals surface area (Å²) in [7, 11) is 0. The van der Waals surface area contributed by atoms with Crippen LogP contribution in [0, 0.1) is 0 Å². The molecule has 0 saturated carbocycles. The molecule has 2 N–H and O–H groups in total. The Morgan fingerprint density at radius 3 is 2.68 bits per heavy atom. The summed E-state index contributed by atoms with van der Waals surface area (Å²) < 4.78 is 0.908. The fourth-order valence-corrected chi connectivity index (χ4v) is 2.46. The molecule has 3 rings (SSSR count). The molecule has 0 saturated heterocycles. The van der Waals surface area contributed by atoms with Gasteiger partial charge in [-0.3, -0.25) is 0 Å². The average molecular weight is 317 g/mol. The topological polar surface area (TPSA) is 66.0 Å². The molecule has 0 radical (unpaired) electrons. The molecule has 0 fully saturated rings. The van der Waals surface area contributed by atoms with Crippen LogP contribution in [0.25, 0.3) is 22.4 Å². The van der Waals surface area contributed by atoms with E-state index in [-0.39, 0.29) is 5.56 Å². The van der Waals surface area contributed by atoms with Gasteiger partial charge in [0.05, 0.1) is 11.1 Å². The van der Waals surface area contributed by atoms with Crippen molar-refractivity contribution >= 4 is 32.9 Å². The maximum atomic E-state index is 11.2. The summed E-state index contributed by atoms with van der Waals surface area (Å²) in [5, 5.41) is 9.15. The summed E-state index contributed by atoms with van der Waals surface area (Å²) in [5.41, 5.74) is 2.29. The second-order valence-electron chi connectivity index (χ2n) is 4.07. The third-order valence-electron chi connectivity index (χ3n) is 2.87. The van der Waals surface area contributed by atoms with Crippen LogP contribution in [0.1, 0.15) is 10.4 Å². The van der Waals surface area contributed by atoms with Crippen molar-refractivity contribution in [2.24, 2.45) is 0 Å². The molecular weight excluding hydrogens is 308 g/mol.